The van der Waals surface area contributed by atoms with Gasteiger partial charge in [0, 0.05) is 12.6 Å². The van der Waals surface area contributed by atoms with Crippen LogP contribution in [0.3, 0.4) is 0 Å². The first-order valence-corrected chi connectivity index (χ1v) is 7.57. The van der Waals surface area contributed by atoms with E-state index in [4.69, 9.17) is 4.74 Å². The van der Waals surface area contributed by atoms with Crippen LogP contribution < -0.4 is 10.1 Å². The Hall–Kier alpha value is -2.28. The Kier molecular flexibility index (Phi) is 3.92. The Bertz CT molecular complexity index is 741. The lowest BCUT2D eigenvalue weighted by atomic mass is 10.3. The van der Waals surface area contributed by atoms with Gasteiger partial charge >= 0.3 is 0 Å². The molecular weight excluding hydrogens is 286 g/mol. The van der Waals surface area contributed by atoms with E-state index in [1.165, 1.54) is 0 Å². The number of thiophene rings is 1. The van der Waals surface area contributed by atoms with Crippen molar-refractivity contribution in [3.8, 4) is 17.4 Å². The number of hydrogen-bond donors (Lipinski definition) is 1. The smallest absolute Gasteiger partial charge is 0.233 e. The number of aromatic nitrogens is 4. The standard InChI is InChI=1S/C14H15N5OS/c1-3-7-15-12-9-6-8-21-14(9)17-13(16-12)10-4-5-11(20-2)19-18-10/h4-6,8H,3,7H2,1-2H3,(H,15,16,17). The molecule has 21 heavy (non-hydrogen) atoms. The highest BCUT2D eigenvalue weighted by Gasteiger charge is 2.11. The number of anilines is 1. The van der Waals surface area contributed by atoms with Gasteiger partial charge in [-0.2, -0.15) is 0 Å². The van der Waals surface area contributed by atoms with Crippen molar-refractivity contribution < 1.29 is 4.74 Å². The summed E-state index contributed by atoms with van der Waals surface area (Å²) in [6.07, 6.45) is 1.04. The van der Waals surface area contributed by atoms with Gasteiger partial charge in [0.05, 0.1) is 12.5 Å². The van der Waals surface area contributed by atoms with Gasteiger partial charge in [0.2, 0.25) is 5.88 Å². The van der Waals surface area contributed by atoms with Crippen LogP contribution in [0.15, 0.2) is 23.6 Å². The summed E-state index contributed by atoms with van der Waals surface area (Å²) in [5.74, 6) is 1.88. The molecule has 0 amide bonds. The average molecular weight is 301 g/mol. The van der Waals surface area contributed by atoms with Crippen LogP contribution >= 0.6 is 11.3 Å². The molecule has 3 rings (SSSR count). The van der Waals surface area contributed by atoms with Crippen LogP contribution in [0, 0.1) is 0 Å². The molecule has 0 aliphatic rings. The lowest BCUT2D eigenvalue weighted by Crippen LogP contribution is -2.04. The topological polar surface area (TPSA) is 72.8 Å². The Labute approximate surface area is 126 Å². The first kappa shape index (κ1) is 13.7. The van der Waals surface area contributed by atoms with E-state index < -0.39 is 0 Å². The van der Waals surface area contributed by atoms with E-state index in [2.05, 4.69) is 32.4 Å². The molecule has 0 fully saturated rings. The minimum absolute atomic E-state index is 0.472. The van der Waals surface area contributed by atoms with Crippen LogP contribution in [0.4, 0.5) is 5.82 Å². The van der Waals surface area contributed by atoms with Crippen molar-refractivity contribution in [1.82, 2.24) is 20.2 Å². The molecule has 1 N–H and O–H groups in total. The minimum Gasteiger partial charge on any atom is -0.480 e. The molecule has 0 aliphatic heterocycles. The maximum Gasteiger partial charge on any atom is 0.233 e. The third kappa shape index (κ3) is 2.78. The number of rotatable bonds is 5. The molecule has 0 radical (unpaired) electrons. The van der Waals surface area contributed by atoms with Crippen LogP contribution in [-0.2, 0) is 0 Å². The molecule has 0 unspecified atom stereocenters. The van der Waals surface area contributed by atoms with Gasteiger partial charge in [0.1, 0.15) is 16.3 Å². The Morgan fingerprint density at radius 1 is 1.19 bits per heavy atom. The molecule has 0 aromatic carbocycles. The van der Waals surface area contributed by atoms with Crippen molar-refractivity contribution in [3.63, 3.8) is 0 Å². The zero-order valence-electron chi connectivity index (χ0n) is 11.8. The molecule has 6 nitrogen and oxygen atoms in total. The molecule has 7 heteroatoms. The quantitative estimate of drug-likeness (QED) is 0.781. The largest absolute Gasteiger partial charge is 0.480 e. The highest BCUT2D eigenvalue weighted by atomic mass is 32.1. The normalized spacial score (nSPS) is 10.8. The summed E-state index contributed by atoms with van der Waals surface area (Å²) in [7, 11) is 1.56. The van der Waals surface area contributed by atoms with E-state index in [0.29, 0.717) is 17.4 Å². The van der Waals surface area contributed by atoms with E-state index in [9.17, 15) is 0 Å². The molecule has 3 aromatic rings. The Balaban J connectivity index is 2.04. The molecular formula is C14H15N5OS. The number of nitrogens with one attached hydrogen (secondary N) is 1. The van der Waals surface area contributed by atoms with E-state index in [1.807, 2.05) is 17.5 Å². The highest BCUT2D eigenvalue weighted by molar-refractivity contribution is 7.16. The van der Waals surface area contributed by atoms with Crippen LogP contribution in [0.1, 0.15) is 13.3 Å². The van der Waals surface area contributed by atoms with E-state index >= 15 is 0 Å². The van der Waals surface area contributed by atoms with Crippen molar-refractivity contribution in [2.45, 2.75) is 13.3 Å². The number of methoxy groups -OCH3 is 1. The monoisotopic (exact) mass is 301 g/mol. The zero-order chi connectivity index (χ0) is 14.7. The third-order valence-electron chi connectivity index (χ3n) is 2.95. The summed E-state index contributed by atoms with van der Waals surface area (Å²) >= 11 is 1.59. The summed E-state index contributed by atoms with van der Waals surface area (Å²) in [5, 5.41) is 14.5. The van der Waals surface area contributed by atoms with Gasteiger partial charge in [-0.15, -0.1) is 21.5 Å². The van der Waals surface area contributed by atoms with Crippen LogP contribution in [0.25, 0.3) is 21.7 Å². The van der Waals surface area contributed by atoms with Gasteiger partial charge in [-0.05, 0) is 23.9 Å². The predicted molar refractivity (Wildman–Crippen MR) is 83.8 cm³/mol. The predicted octanol–water partition coefficient (Wildman–Crippen LogP) is 2.98. The molecule has 3 aromatic heterocycles. The maximum atomic E-state index is 5.02. The van der Waals surface area contributed by atoms with Crippen molar-refractivity contribution in [1.29, 1.82) is 0 Å². The molecule has 0 saturated heterocycles. The van der Waals surface area contributed by atoms with Crippen LogP contribution in [-0.4, -0.2) is 33.8 Å². The Morgan fingerprint density at radius 2 is 2.10 bits per heavy atom. The lowest BCUT2D eigenvalue weighted by molar-refractivity contribution is 0.392. The lowest BCUT2D eigenvalue weighted by Gasteiger charge is -2.07. The number of ether oxygens (including phenoxy) is 1. The molecule has 0 saturated carbocycles. The molecule has 0 bridgehead atoms. The van der Waals surface area contributed by atoms with Crippen molar-refractivity contribution in [2.75, 3.05) is 19.0 Å². The second kappa shape index (κ2) is 6.01. The van der Waals surface area contributed by atoms with Gasteiger partial charge in [0.15, 0.2) is 5.82 Å². The molecule has 0 aliphatic carbocycles. The van der Waals surface area contributed by atoms with Crippen LogP contribution in [0.2, 0.25) is 0 Å². The summed E-state index contributed by atoms with van der Waals surface area (Å²) in [6.45, 7) is 2.99. The molecule has 108 valence electrons. The summed E-state index contributed by atoms with van der Waals surface area (Å²) in [6, 6.07) is 5.59. The summed E-state index contributed by atoms with van der Waals surface area (Å²) in [5.41, 5.74) is 0.630. The van der Waals surface area contributed by atoms with Gasteiger partial charge in [-0.1, -0.05) is 6.92 Å². The number of fused-ring (bicyclic) bond motifs is 1. The molecule has 0 atom stereocenters. The number of hydrogen-bond acceptors (Lipinski definition) is 7. The van der Waals surface area contributed by atoms with Gasteiger partial charge in [-0.25, -0.2) is 9.97 Å². The van der Waals surface area contributed by atoms with Crippen molar-refractivity contribution in [2.24, 2.45) is 0 Å². The van der Waals surface area contributed by atoms with E-state index in [0.717, 1.165) is 29.0 Å². The van der Waals surface area contributed by atoms with E-state index in [-0.39, 0.29) is 0 Å². The van der Waals surface area contributed by atoms with Crippen molar-refractivity contribution in [3.05, 3.63) is 23.6 Å². The van der Waals surface area contributed by atoms with Gasteiger partial charge < -0.3 is 10.1 Å². The maximum absolute atomic E-state index is 5.02. The minimum atomic E-state index is 0.472. The molecule has 0 spiro atoms. The highest BCUT2D eigenvalue weighted by Crippen LogP contribution is 2.27. The molecule has 3 heterocycles. The fourth-order valence-electron chi connectivity index (χ4n) is 1.90. The van der Waals surface area contributed by atoms with E-state index in [1.54, 1.807) is 24.5 Å². The Morgan fingerprint density at radius 3 is 2.81 bits per heavy atom. The summed E-state index contributed by atoms with van der Waals surface area (Å²) in [4.78, 5) is 10.1. The fourth-order valence-corrected chi connectivity index (χ4v) is 2.66. The SMILES string of the molecule is CCCNc1nc(-c2ccc(OC)nn2)nc2sccc12. The second-order valence-corrected chi connectivity index (χ2v) is 5.32. The van der Waals surface area contributed by atoms with Crippen LogP contribution in [0.5, 0.6) is 5.88 Å². The van der Waals surface area contributed by atoms with Crippen molar-refractivity contribution >= 4 is 27.4 Å². The fraction of sp³-hybridized carbons (Fsp3) is 0.286. The summed E-state index contributed by atoms with van der Waals surface area (Å²) < 4.78 is 5.02. The third-order valence-corrected chi connectivity index (χ3v) is 3.75. The average Bonchev–Trinajstić information content (AvgIpc) is 3.01. The zero-order valence-corrected chi connectivity index (χ0v) is 12.6. The first-order chi connectivity index (χ1) is 10.3. The van der Waals surface area contributed by atoms with Gasteiger partial charge in [-0.3, -0.25) is 0 Å². The second-order valence-electron chi connectivity index (χ2n) is 4.42. The van der Waals surface area contributed by atoms with Gasteiger partial charge in [0.25, 0.3) is 0 Å². The first-order valence-electron chi connectivity index (χ1n) is 6.69. The number of nitrogens with zero attached hydrogens (tertiary/aromatic N) is 4.